The van der Waals surface area contributed by atoms with E-state index in [9.17, 15) is 8.78 Å². The first-order valence-electron chi connectivity index (χ1n) is 6.10. The fourth-order valence-corrected chi connectivity index (χ4v) is 2.83. The minimum atomic E-state index is -0.577. The monoisotopic (exact) mass is 283 g/mol. The molecule has 6 heteroatoms. The Kier molecular flexibility index (Phi) is 4.55. The molecule has 2 rings (SSSR count). The van der Waals surface area contributed by atoms with Crippen LogP contribution in [-0.2, 0) is 6.42 Å². The second-order valence-electron chi connectivity index (χ2n) is 4.22. The summed E-state index contributed by atoms with van der Waals surface area (Å²) in [6.07, 6.45) is 1.74. The summed E-state index contributed by atoms with van der Waals surface area (Å²) in [5.74, 6) is -1.14. The van der Waals surface area contributed by atoms with E-state index >= 15 is 0 Å². The third-order valence-electron chi connectivity index (χ3n) is 2.90. The molecule has 1 N–H and O–H groups in total. The minimum Gasteiger partial charge on any atom is -0.308 e. The van der Waals surface area contributed by atoms with Crippen molar-refractivity contribution in [3.63, 3.8) is 0 Å². The van der Waals surface area contributed by atoms with E-state index < -0.39 is 11.6 Å². The summed E-state index contributed by atoms with van der Waals surface area (Å²) in [7, 11) is 1.74. The number of hydrogen-bond acceptors (Lipinski definition) is 4. The second kappa shape index (κ2) is 6.16. The zero-order valence-corrected chi connectivity index (χ0v) is 11.6. The summed E-state index contributed by atoms with van der Waals surface area (Å²) in [5, 5.41) is 7.13. The molecule has 1 aromatic carbocycles. The Bertz CT molecular complexity index is 557. The second-order valence-corrected chi connectivity index (χ2v) is 5.01. The van der Waals surface area contributed by atoms with E-state index in [-0.39, 0.29) is 6.04 Å². The van der Waals surface area contributed by atoms with Crippen LogP contribution in [0.15, 0.2) is 18.2 Å². The zero-order chi connectivity index (χ0) is 13.8. The fraction of sp³-hybridized carbons (Fsp3) is 0.385. The maximum Gasteiger partial charge on any atom is 0.131 e. The molecule has 2 aromatic rings. The van der Waals surface area contributed by atoms with Crippen molar-refractivity contribution in [1.82, 2.24) is 14.9 Å². The number of halogens is 2. The highest BCUT2D eigenvalue weighted by Gasteiger charge is 2.22. The topological polar surface area (TPSA) is 37.8 Å². The molecule has 0 radical (unpaired) electrons. The highest BCUT2D eigenvalue weighted by molar-refractivity contribution is 7.05. The average Bonchev–Trinajstić information content (AvgIpc) is 2.82. The predicted molar refractivity (Wildman–Crippen MR) is 71.2 cm³/mol. The van der Waals surface area contributed by atoms with Crippen LogP contribution in [0.25, 0.3) is 0 Å². The first-order valence-corrected chi connectivity index (χ1v) is 6.88. The predicted octanol–water partition coefficient (Wildman–Crippen LogP) is 3.08. The van der Waals surface area contributed by atoms with Crippen LogP contribution in [0.5, 0.6) is 0 Å². The standard InChI is InChI=1S/C13H15F2N3S/c1-3-4-11-13(19-18-17-11)12(16-2)9-6-5-8(14)7-10(9)15/h5-7,12,16H,3-4H2,1-2H3. The van der Waals surface area contributed by atoms with Gasteiger partial charge in [0, 0.05) is 11.6 Å². The number of aromatic nitrogens is 2. The number of nitrogens with zero attached hydrogens (tertiary/aromatic N) is 2. The van der Waals surface area contributed by atoms with Crippen LogP contribution < -0.4 is 5.32 Å². The molecule has 0 fully saturated rings. The van der Waals surface area contributed by atoms with Gasteiger partial charge in [-0.3, -0.25) is 0 Å². The molecule has 1 atom stereocenters. The minimum absolute atomic E-state index is 0.345. The SMILES string of the molecule is CCCc1nnsc1C(NC)c1ccc(F)cc1F. The fourth-order valence-electron chi connectivity index (χ4n) is 2.01. The van der Waals surface area contributed by atoms with Crippen molar-refractivity contribution in [2.75, 3.05) is 7.05 Å². The Hall–Kier alpha value is -1.40. The van der Waals surface area contributed by atoms with E-state index in [1.54, 1.807) is 7.05 Å². The van der Waals surface area contributed by atoms with Crippen LogP contribution >= 0.6 is 11.5 Å². The Morgan fingerprint density at radius 3 is 2.79 bits per heavy atom. The van der Waals surface area contributed by atoms with Gasteiger partial charge in [-0.25, -0.2) is 8.78 Å². The summed E-state index contributed by atoms with van der Waals surface area (Å²) >= 11 is 1.25. The molecule has 19 heavy (non-hydrogen) atoms. The molecule has 0 aliphatic carbocycles. The number of benzene rings is 1. The van der Waals surface area contributed by atoms with Gasteiger partial charge in [0.25, 0.3) is 0 Å². The first kappa shape index (κ1) is 14.0. The lowest BCUT2D eigenvalue weighted by atomic mass is 10.0. The number of hydrogen-bond donors (Lipinski definition) is 1. The van der Waals surface area contributed by atoms with Crippen molar-refractivity contribution in [2.24, 2.45) is 0 Å². The molecule has 0 aliphatic rings. The van der Waals surface area contributed by atoms with E-state index in [0.717, 1.165) is 29.5 Å². The summed E-state index contributed by atoms with van der Waals surface area (Å²) in [5.41, 5.74) is 1.28. The van der Waals surface area contributed by atoms with E-state index in [1.807, 2.05) is 0 Å². The number of nitrogens with one attached hydrogen (secondary N) is 1. The molecule has 0 aliphatic heterocycles. The van der Waals surface area contributed by atoms with E-state index in [4.69, 9.17) is 0 Å². The van der Waals surface area contributed by atoms with Gasteiger partial charge in [0.2, 0.25) is 0 Å². The molecule has 1 aromatic heterocycles. The molecule has 0 saturated heterocycles. The van der Waals surface area contributed by atoms with Crippen molar-refractivity contribution < 1.29 is 8.78 Å². The van der Waals surface area contributed by atoms with Crippen LogP contribution in [0.4, 0.5) is 8.78 Å². The molecular weight excluding hydrogens is 268 g/mol. The van der Waals surface area contributed by atoms with Gasteiger partial charge < -0.3 is 5.32 Å². The summed E-state index contributed by atoms with van der Waals surface area (Å²) in [4.78, 5) is 0.884. The largest absolute Gasteiger partial charge is 0.308 e. The van der Waals surface area contributed by atoms with E-state index in [1.165, 1.54) is 23.7 Å². The van der Waals surface area contributed by atoms with Crippen LogP contribution in [0.2, 0.25) is 0 Å². The van der Waals surface area contributed by atoms with Gasteiger partial charge in [0.15, 0.2) is 0 Å². The van der Waals surface area contributed by atoms with E-state index in [0.29, 0.717) is 5.56 Å². The van der Waals surface area contributed by atoms with Gasteiger partial charge in [-0.15, -0.1) is 5.10 Å². The number of rotatable bonds is 5. The maximum absolute atomic E-state index is 13.9. The zero-order valence-electron chi connectivity index (χ0n) is 10.8. The van der Waals surface area contributed by atoms with Crippen LogP contribution in [0, 0.1) is 11.6 Å². The summed E-state index contributed by atoms with van der Waals surface area (Å²) < 4.78 is 30.8. The van der Waals surface area contributed by atoms with Crippen molar-refractivity contribution in [3.8, 4) is 0 Å². The van der Waals surface area contributed by atoms with Crippen molar-refractivity contribution in [2.45, 2.75) is 25.8 Å². The van der Waals surface area contributed by atoms with Gasteiger partial charge in [-0.1, -0.05) is 23.9 Å². The van der Waals surface area contributed by atoms with Gasteiger partial charge in [0.05, 0.1) is 16.6 Å². The Labute approximate surface area is 114 Å². The van der Waals surface area contributed by atoms with Gasteiger partial charge in [-0.2, -0.15) is 0 Å². The number of aryl methyl sites for hydroxylation is 1. The Balaban J connectivity index is 2.41. The smallest absolute Gasteiger partial charge is 0.131 e. The third kappa shape index (κ3) is 2.96. The summed E-state index contributed by atoms with van der Waals surface area (Å²) in [6.45, 7) is 2.05. The lowest BCUT2D eigenvalue weighted by Crippen LogP contribution is -2.19. The lowest BCUT2D eigenvalue weighted by molar-refractivity contribution is 0.552. The van der Waals surface area contributed by atoms with Crippen molar-refractivity contribution in [3.05, 3.63) is 46.0 Å². The molecule has 0 saturated carbocycles. The van der Waals surface area contributed by atoms with Crippen LogP contribution in [0.3, 0.4) is 0 Å². The Morgan fingerprint density at radius 1 is 1.37 bits per heavy atom. The van der Waals surface area contributed by atoms with Crippen LogP contribution in [0.1, 0.15) is 35.5 Å². The lowest BCUT2D eigenvalue weighted by Gasteiger charge is -2.16. The third-order valence-corrected chi connectivity index (χ3v) is 3.73. The average molecular weight is 283 g/mol. The van der Waals surface area contributed by atoms with Crippen molar-refractivity contribution in [1.29, 1.82) is 0 Å². The molecule has 0 amide bonds. The molecule has 102 valence electrons. The van der Waals surface area contributed by atoms with E-state index in [2.05, 4.69) is 21.8 Å². The normalized spacial score (nSPS) is 12.6. The molecular formula is C13H15F2N3S. The maximum atomic E-state index is 13.9. The quantitative estimate of drug-likeness (QED) is 0.916. The summed E-state index contributed by atoms with van der Waals surface area (Å²) in [6, 6.07) is 3.27. The first-order chi connectivity index (χ1) is 9.17. The van der Waals surface area contributed by atoms with Crippen molar-refractivity contribution >= 4 is 11.5 Å². The molecule has 3 nitrogen and oxygen atoms in total. The van der Waals surface area contributed by atoms with Crippen LogP contribution in [-0.4, -0.2) is 16.6 Å². The molecule has 0 spiro atoms. The highest BCUT2D eigenvalue weighted by Crippen LogP contribution is 2.29. The van der Waals surface area contributed by atoms with Gasteiger partial charge in [-0.05, 0) is 31.1 Å². The highest BCUT2D eigenvalue weighted by atomic mass is 32.1. The molecule has 1 unspecified atom stereocenters. The Morgan fingerprint density at radius 2 is 2.16 bits per heavy atom. The molecule has 1 heterocycles. The van der Waals surface area contributed by atoms with Gasteiger partial charge in [0.1, 0.15) is 11.6 Å². The molecule has 0 bridgehead atoms. The van der Waals surface area contributed by atoms with Gasteiger partial charge >= 0.3 is 0 Å².